The van der Waals surface area contributed by atoms with E-state index in [9.17, 15) is 8.78 Å². The zero-order chi connectivity index (χ0) is 14.5. The monoisotopic (exact) mass is 296 g/mol. The maximum absolute atomic E-state index is 13.3. The first kappa shape index (κ1) is 15.1. The molecule has 5 heteroatoms. The maximum atomic E-state index is 13.3. The van der Waals surface area contributed by atoms with Crippen LogP contribution in [0.5, 0.6) is 0 Å². The largest absolute Gasteiger partial charge is 0.312 e. The summed E-state index contributed by atoms with van der Waals surface area (Å²) in [7, 11) is 0. The summed E-state index contributed by atoms with van der Waals surface area (Å²) in [5.74, 6) is -1.66. The number of halogens is 2. The van der Waals surface area contributed by atoms with Crippen molar-refractivity contribution in [3.63, 3.8) is 0 Å². The summed E-state index contributed by atoms with van der Waals surface area (Å²) in [6, 6.07) is 3.93. The number of benzene rings is 1. The lowest BCUT2D eigenvalue weighted by Crippen LogP contribution is -2.11. The van der Waals surface area contributed by atoms with Crippen LogP contribution < -0.4 is 5.32 Å². The van der Waals surface area contributed by atoms with Crippen molar-refractivity contribution >= 4 is 11.3 Å². The molecule has 20 heavy (non-hydrogen) atoms. The molecule has 0 saturated heterocycles. The van der Waals surface area contributed by atoms with Crippen LogP contribution in [0.15, 0.2) is 18.2 Å². The fraction of sp³-hybridized carbons (Fsp3) is 0.400. The van der Waals surface area contributed by atoms with E-state index in [1.54, 1.807) is 17.4 Å². The Balaban J connectivity index is 2.33. The number of nitrogens with one attached hydrogen (secondary N) is 1. The SMILES string of the molecule is CCCc1nc(-c2ccc(F)c(F)c2)sc1CNCC. The quantitative estimate of drug-likeness (QED) is 0.866. The van der Waals surface area contributed by atoms with Gasteiger partial charge >= 0.3 is 0 Å². The zero-order valence-corrected chi connectivity index (χ0v) is 12.5. The molecule has 1 N–H and O–H groups in total. The minimum Gasteiger partial charge on any atom is -0.312 e. The number of nitrogens with zero attached hydrogens (tertiary/aromatic N) is 1. The third-order valence-electron chi connectivity index (χ3n) is 2.97. The average Bonchev–Trinajstić information content (AvgIpc) is 2.83. The molecular formula is C15H18F2N2S. The Hall–Kier alpha value is -1.33. The van der Waals surface area contributed by atoms with Crippen LogP contribution in [0.4, 0.5) is 8.78 Å². The molecule has 0 unspecified atom stereocenters. The van der Waals surface area contributed by atoms with Crippen LogP contribution in [0, 0.1) is 11.6 Å². The van der Waals surface area contributed by atoms with Crippen LogP contribution >= 0.6 is 11.3 Å². The molecule has 1 heterocycles. The van der Waals surface area contributed by atoms with Gasteiger partial charge < -0.3 is 5.32 Å². The third-order valence-corrected chi connectivity index (χ3v) is 4.11. The van der Waals surface area contributed by atoms with E-state index in [4.69, 9.17) is 0 Å². The second kappa shape index (κ2) is 6.90. The highest BCUT2D eigenvalue weighted by atomic mass is 32.1. The van der Waals surface area contributed by atoms with Crippen molar-refractivity contribution in [1.82, 2.24) is 10.3 Å². The molecule has 0 radical (unpaired) electrons. The van der Waals surface area contributed by atoms with Crippen LogP contribution in [0.25, 0.3) is 10.6 Å². The van der Waals surface area contributed by atoms with Crippen molar-refractivity contribution < 1.29 is 8.78 Å². The molecule has 0 saturated carbocycles. The third kappa shape index (κ3) is 3.41. The predicted octanol–water partition coefficient (Wildman–Crippen LogP) is 4.15. The molecule has 0 aliphatic carbocycles. The molecule has 0 fully saturated rings. The van der Waals surface area contributed by atoms with E-state index in [-0.39, 0.29) is 0 Å². The van der Waals surface area contributed by atoms with Crippen molar-refractivity contribution in [2.24, 2.45) is 0 Å². The number of hydrogen-bond acceptors (Lipinski definition) is 3. The van der Waals surface area contributed by atoms with Gasteiger partial charge in [-0.15, -0.1) is 11.3 Å². The van der Waals surface area contributed by atoms with E-state index in [1.165, 1.54) is 10.9 Å². The van der Waals surface area contributed by atoms with Crippen LogP contribution in [0.3, 0.4) is 0 Å². The lowest BCUT2D eigenvalue weighted by atomic mass is 10.2. The fourth-order valence-electron chi connectivity index (χ4n) is 1.94. The molecular weight excluding hydrogens is 278 g/mol. The highest BCUT2D eigenvalue weighted by Gasteiger charge is 2.13. The van der Waals surface area contributed by atoms with Gasteiger partial charge in [0, 0.05) is 17.0 Å². The number of hydrogen-bond donors (Lipinski definition) is 1. The summed E-state index contributed by atoms with van der Waals surface area (Å²) in [5.41, 5.74) is 1.69. The number of aryl methyl sites for hydroxylation is 1. The molecule has 0 spiro atoms. The molecule has 1 aromatic carbocycles. The Morgan fingerprint density at radius 2 is 2.00 bits per heavy atom. The standard InChI is InChI=1S/C15H18F2N2S/c1-3-5-13-14(9-18-4-2)20-15(19-13)10-6-7-11(16)12(17)8-10/h6-8,18H,3-5,9H2,1-2H3. The van der Waals surface area contributed by atoms with Gasteiger partial charge in [0.2, 0.25) is 0 Å². The highest BCUT2D eigenvalue weighted by Crippen LogP contribution is 2.29. The molecule has 1 aromatic heterocycles. The molecule has 2 aromatic rings. The summed E-state index contributed by atoms with van der Waals surface area (Å²) < 4.78 is 26.3. The van der Waals surface area contributed by atoms with Gasteiger partial charge in [0.05, 0.1) is 5.69 Å². The molecule has 0 bridgehead atoms. The molecule has 0 atom stereocenters. The molecule has 0 aliphatic heterocycles. The Labute approximate surface area is 121 Å². The number of thiazole rings is 1. The van der Waals surface area contributed by atoms with Gasteiger partial charge in [-0.3, -0.25) is 0 Å². The predicted molar refractivity (Wildman–Crippen MR) is 78.8 cm³/mol. The minimum absolute atomic E-state index is 0.633. The second-order valence-corrected chi connectivity index (χ2v) is 5.63. The maximum Gasteiger partial charge on any atom is 0.159 e. The summed E-state index contributed by atoms with van der Waals surface area (Å²) >= 11 is 1.54. The first-order chi connectivity index (χ1) is 9.65. The first-order valence-corrected chi connectivity index (χ1v) is 7.62. The van der Waals surface area contributed by atoms with E-state index in [2.05, 4.69) is 24.1 Å². The van der Waals surface area contributed by atoms with Gasteiger partial charge in [0.1, 0.15) is 5.01 Å². The van der Waals surface area contributed by atoms with Crippen molar-refractivity contribution in [1.29, 1.82) is 0 Å². The van der Waals surface area contributed by atoms with Crippen LogP contribution in [0.2, 0.25) is 0 Å². The molecule has 2 nitrogen and oxygen atoms in total. The molecule has 2 rings (SSSR count). The van der Waals surface area contributed by atoms with E-state index in [0.29, 0.717) is 5.56 Å². The normalized spacial score (nSPS) is 11.0. The van der Waals surface area contributed by atoms with Gasteiger partial charge in [-0.05, 0) is 31.2 Å². The smallest absolute Gasteiger partial charge is 0.159 e. The lowest BCUT2D eigenvalue weighted by molar-refractivity contribution is 0.509. The van der Waals surface area contributed by atoms with Gasteiger partial charge in [-0.2, -0.15) is 0 Å². The average molecular weight is 296 g/mol. The first-order valence-electron chi connectivity index (χ1n) is 6.80. The van der Waals surface area contributed by atoms with Gasteiger partial charge in [0.15, 0.2) is 11.6 Å². The van der Waals surface area contributed by atoms with E-state index in [1.807, 2.05) is 0 Å². The fourth-order valence-corrected chi connectivity index (χ4v) is 3.02. The van der Waals surface area contributed by atoms with Crippen molar-refractivity contribution in [2.45, 2.75) is 33.2 Å². The minimum atomic E-state index is -0.831. The number of aromatic nitrogens is 1. The topological polar surface area (TPSA) is 24.9 Å². The number of rotatable bonds is 6. The Bertz CT molecular complexity index is 581. The van der Waals surface area contributed by atoms with Crippen LogP contribution in [0.1, 0.15) is 30.8 Å². The lowest BCUT2D eigenvalue weighted by Gasteiger charge is -2.00. The summed E-state index contributed by atoms with van der Waals surface area (Å²) in [6.07, 6.45) is 1.92. The van der Waals surface area contributed by atoms with E-state index >= 15 is 0 Å². The van der Waals surface area contributed by atoms with Crippen LogP contribution in [-0.4, -0.2) is 11.5 Å². The molecule has 0 aliphatic rings. The van der Waals surface area contributed by atoms with E-state index in [0.717, 1.165) is 42.7 Å². The summed E-state index contributed by atoms with van der Waals surface area (Å²) in [5, 5.41) is 4.04. The highest BCUT2D eigenvalue weighted by molar-refractivity contribution is 7.15. The zero-order valence-electron chi connectivity index (χ0n) is 11.7. The van der Waals surface area contributed by atoms with E-state index < -0.39 is 11.6 Å². The van der Waals surface area contributed by atoms with Gasteiger partial charge in [-0.1, -0.05) is 20.3 Å². The van der Waals surface area contributed by atoms with Crippen molar-refractivity contribution in [2.75, 3.05) is 6.54 Å². The second-order valence-electron chi connectivity index (χ2n) is 4.55. The summed E-state index contributed by atoms with van der Waals surface area (Å²) in [4.78, 5) is 5.76. The Morgan fingerprint density at radius 1 is 1.20 bits per heavy atom. The molecule has 108 valence electrons. The van der Waals surface area contributed by atoms with Crippen LogP contribution in [-0.2, 0) is 13.0 Å². The van der Waals surface area contributed by atoms with Gasteiger partial charge in [-0.25, -0.2) is 13.8 Å². The van der Waals surface area contributed by atoms with Crippen molar-refractivity contribution in [3.05, 3.63) is 40.4 Å². The molecule has 0 amide bonds. The Morgan fingerprint density at radius 3 is 2.65 bits per heavy atom. The Kier molecular flexibility index (Phi) is 5.20. The van der Waals surface area contributed by atoms with Crippen molar-refractivity contribution in [3.8, 4) is 10.6 Å². The van der Waals surface area contributed by atoms with Gasteiger partial charge in [0.25, 0.3) is 0 Å². The summed E-state index contributed by atoms with van der Waals surface area (Å²) in [6.45, 7) is 5.82.